The van der Waals surface area contributed by atoms with Gasteiger partial charge in [0.15, 0.2) is 0 Å². The van der Waals surface area contributed by atoms with Gasteiger partial charge in [0.1, 0.15) is 11.6 Å². The molecule has 1 aliphatic rings. The highest BCUT2D eigenvalue weighted by molar-refractivity contribution is 5.54. The van der Waals surface area contributed by atoms with Crippen molar-refractivity contribution in [3.63, 3.8) is 0 Å². The number of piperidine rings is 1. The number of hydrogen-bond acceptors (Lipinski definition) is 5. The average Bonchev–Trinajstić information content (AvgIpc) is 2.98. The Labute approximate surface area is 137 Å². The Balaban J connectivity index is 1.71. The quantitative estimate of drug-likeness (QED) is 0.888. The summed E-state index contributed by atoms with van der Waals surface area (Å²) < 4.78 is 7.34. The normalized spacial score (nSPS) is 15.6. The van der Waals surface area contributed by atoms with E-state index in [1.165, 1.54) is 19.3 Å². The van der Waals surface area contributed by atoms with Crippen molar-refractivity contribution in [3.8, 4) is 5.75 Å². The van der Waals surface area contributed by atoms with Crippen LogP contribution in [0.25, 0.3) is 0 Å². The van der Waals surface area contributed by atoms with Crippen LogP contribution in [0.15, 0.2) is 24.3 Å². The van der Waals surface area contributed by atoms with Crippen molar-refractivity contribution < 1.29 is 4.74 Å². The van der Waals surface area contributed by atoms with Crippen LogP contribution < -0.4 is 10.1 Å². The fourth-order valence-corrected chi connectivity index (χ4v) is 3.00. The number of rotatable bonds is 6. The minimum absolute atomic E-state index is 0.796. The Hall–Kier alpha value is -2.08. The molecule has 0 aliphatic carbocycles. The first-order chi connectivity index (χ1) is 11.3. The molecule has 0 spiro atoms. The molecule has 0 radical (unpaired) electrons. The monoisotopic (exact) mass is 315 g/mol. The van der Waals surface area contributed by atoms with Gasteiger partial charge in [-0.05, 0) is 57.1 Å². The van der Waals surface area contributed by atoms with Gasteiger partial charge in [0, 0.05) is 12.2 Å². The lowest BCUT2D eigenvalue weighted by Crippen LogP contribution is -2.30. The molecule has 0 saturated carbocycles. The van der Waals surface area contributed by atoms with E-state index in [0.29, 0.717) is 0 Å². The molecular weight excluding hydrogens is 290 g/mol. The molecule has 0 unspecified atom stereocenters. The predicted molar refractivity (Wildman–Crippen MR) is 91.1 cm³/mol. The highest BCUT2D eigenvalue weighted by atomic mass is 16.5. The molecule has 1 aliphatic heterocycles. The van der Waals surface area contributed by atoms with Crippen molar-refractivity contribution in [2.45, 2.75) is 39.3 Å². The largest absolute Gasteiger partial charge is 0.497 e. The summed E-state index contributed by atoms with van der Waals surface area (Å²) in [6, 6.07) is 7.84. The fourth-order valence-electron chi connectivity index (χ4n) is 3.00. The van der Waals surface area contributed by atoms with E-state index in [0.717, 1.165) is 49.4 Å². The first kappa shape index (κ1) is 15.8. The smallest absolute Gasteiger partial charge is 0.229 e. The van der Waals surface area contributed by atoms with E-state index in [4.69, 9.17) is 4.74 Å². The number of benzene rings is 1. The summed E-state index contributed by atoms with van der Waals surface area (Å²) in [5.41, 5.74) is 0.984. The molecule has 1 N–H and O–H groups in total. The van der Waals surface area contributed by atoms with Gasteiger partial charge in [-0.1, -0.05) is 6.42 Å². The zero-order valence-electron chi connectivity index (χ0n) is 14.0. The van der Waals surface area contributed by atoms with Gasteiger partial charge >= 0.3 is 0 Å². The summed E-state index contributed by atoms with van der Waals surface area (Å²) in [5.74, 6) is 2.67. The number of nitrogens with zero attached hydrogens (tertiary/aromatic N) is 4. The van der Waals surface area contributed by atoms with Crippen LogP contribution in [0.1, 0.15) is 32.0 Å². The van der Waals surface area contributed by atoms with E-state index in [1.54, 1.807) is 7.11 Å². The molecule has 1 aromatic carbocycles. The van der Waals surface area contributed by atoms with Crippen LogP contribution in [0, 0.1) is 0 Å². The third-order valence-electron chi connectivity index (χ3n) is 4.30. The fraction of sp³-hybridized carbons (Fsp3) is 0.529. The van der Waals surface area contributed by atoms with E-state index < -0.39 is 0 Å². The number of anilines is 2. The highest BCUT2D eigenvalue weighted by Crippen LogP contribution is 2.20. The molecule has 0 bridgehead atoms. The van der Waals surface area contributed by atoms with Gasteiger partial charge in [0.2, 0.25) is 5.95 Å². The summed E-state index contributed by atoms with van der Waals surface area (Å²) in [6.07, 6.45) is 3.93. The predicted octanol–water partition coefficient (Wildman–Crippen LogP) is 3.04. The molecule has 2 aromatic rings. The molecule has 1 saturated heterocycles. The van der Waals surface area contributed by atoms with Crippen molar-refractivity contribution in [2.75, 3.05) is 25.5 Å². The van der Waals surface area contributed by atoms with E-state index in [-0.39, 0.29) is 0 Å². The molecule has 124 valence electrons. The molecule has 1 fully saturated rings. The van der Waals surface area contributed by atoms with Crippen LogP contribution in [-0.2, 0) is 13.1 Å². The van der Waals surface area contributed by atoms with E-state index in [9.17, 15) is 0 Å². The van der Waals surface area contributed by atoms with Crippen molar-refractivity contribution in [1.29, 1.82) is 0 Å². The van der Waals surface area contributed by atoms with Gasteiger partial charge in [-0.15, -0.1) is 10.2 Å². The second-order valence-electron chi connectivity index (χ2n) is 5.87. The van der Waals surface area contributed by atoms with Crippen LogP contribution in [0.4, 0.5) is 11.6 Å². The van der Waals surface area contributed by atoms with Gasteiger partial charge < -0.3 is 10.1 Å². The Morgan fingerprint density at radius 2 is 1.83 bits per heavy atom. The van der Waals surface area contributed by atoms with Crippen LogP contribution in [0.2, 0.25) is 0 Å². The number of methoxy groups -OCH3 is 1. The zero-order valence-corrected chi connectivity index (χ0v) is 14.0. The summed E-state index contributed by atoms with van der Waals surface area (Å²) in [6.45, 7) is 6.19. The second-order valence-corrected chi connectivity index (χ2v) is 5.87. The van der Waals surface area contributed by atoms with Crippen LogP contribution in [0.3, 0.4) is 0 Å². The van der Waals surface area contributed by atoms with E-state index in [1.807, 2.05) is 24.3 Å². The number of hydrogen-bond donors (Lipinski definition) is 1. The van der Waals surface area contributed by atoms with E-state index >= 15 is 0 Å². The first-order valence-corrected chi connectivity index (χ1v) is 8.35. The van der Waals surface area contributed by atoms with Crippen LogP contribution in [-0.4, -0.2) is 39.9 Å². The zero-order chi connectivity index (χ0) is 16.1. The third kappa shape index (κ3) is 3.82. The van der Waals surface area contributed by atoms with Crippen LogP contribution in [0.5, 0.6) is 5.75 Å². The maximum absolute atomic E-state index is 5.19. The van der Waals surface area contributed by atoms with Gasteiger partial charge in [-0.2, -0.15) is 0 Å². The summed E-state index contributed by atoms with van der Waals surface area (Å²) in [7, 11) is 1.67. The Kier molecular flexibility index (Phi) is 5.12. The maximum Gasteiger partial charge on any atom is 0.229 e. The second kappa shape index (κ2) is 7.46. The molecule has 0 atom stereocenters. The molecule has 6 heteroatoms. The van der Waals surface area contributed by atoms with Crippen molar-refractivity contribution >= 4 is 11.6 Å². The topological polar surface area (TPSA) is 55.2 Å². The van der Waals surface area contributed by atoms with Gasteiger partial charge in [-0.3, -0.25) is 9.47 Å². The number of nitrogens with one attached hydrogen (secondary N) is 1. The van der Waals surface area contributed by atoms with Crippen molar-refractivity contribution in [2.24, 2.45) is 0 Å². The SMILES string of the molecule is CCn1c(CN2CCCCC2)nnc1Nc1ccc(OC)cc1. The Bertz CT molecular complexity index is 616. The molecule has 23 heavy (non-hydrogen) atoms. The lowest BCUT2D eigenvalue weighted by atomic mass is 10.1. The summed E-state index contributed by atoms with van der Waals surface area (Å²) >= 11 is 0. The summed E-state index contributed by atoms with van der Waals surface area (Å²) in [4.78, 5) is 2.47. The minimum Gasteiger partial charge on any atom is -0.497 e. The Morgan fingerprint density at radius 3 is 2.48 bits per heavy atom. The third-order valence-corrected chi connectivity index (χ3v) is 4.30. The molecule has 2 heterocycles. The molecule has 0 amide bonds. The van der Waals surface area contributed by atoms with Crippen LogP contribution >= 0.6 is 0 Å². The van der Waals surface area contributed by atoms with Crippen molar-refractivity contribution in [3.05, 3.63) is 30.1 Å². The van der Waals surface area contributed by atoms with E-state index in [2.05, 4.69) is 31.9 Å². The van der Waals surface area contributed by atoms with Gasteiger partial charge in [-0.25, -0.2) is 0 Å². The lowest BCUT2D eigenvalue weighted by Gasteiger charge is -2.25. The molecule has 3 rings (SSSR count). The number of likely N-dealkylation sites (tertiary alicyclic amines) is 1. The van der Waals surface area contributed by atoms with Gasteiger partial charge in [0.05, 0.1) is 13.7 Å². The average molecular weight is 315 g/mol. The minimum atomic E-state index is 0.796. The maximum atomic E-state index is 5.19. The molecule has 1 aromatic heterocycles. The molecular formula is C17H25N5O. The number of aromatic nitrogens is 3. The first-order valence-electron chi connectivity index (χ1n) is 8.35. The number of ether oxygens (including phenoxy) is 1. The van der Waals surface area contributed by atoms with Crippen molar-refractivity contribution in [1.82, 2.24) is 19.7 Å². The summed E-state index contributed by atoms with van der Waals surface area (Å²) in [5, 5.41) is 12.1. The Morgan fingerprint density at radius 1 is 1.09 bits per heavy atom. The highest BCUT2D eigenvalue weighted by Gasteiger charge is 2.16. The lowest BCUT2D eigenvalue weighted by molar-refractivity contribution is 0.213. The molecule has 6 nitrogen and oxygen atoms in total. The standard InChI is InChI=1S/C17H25N5O/c1-3-22-16(13-21-11-5-4-6-12-21)19-20-17(22)18-14-7-9-15(23-2)10-8-14/h7-10H,3-6,11-13H2,1-2H3,(H,18,20). The van der Waals surface area contributed by atoms with Gasteiger partial charge in [0.25, 0.3) is 0 Å².